The van der Waals surface area contributed by atoms with E-state index in [9.17, 15) is 9.59 Å². The number of hydrogen-bond acceptors (Lipinski definition) is 5. The molecular weight excluding hydrogens is 240 g/mol. The van der Waals surface area contributed by atoms with E-state index in [4.69, 9.17) is 10.3 Å². The predicted octanol–water partition coefficient (Wildman–Crippen LogP) is -0.526. The van der Waals surface area contributed by atoms with E-state index in [2.05, 4.69) is 10.2 Å². The topological polar surface area (TPSA) is 90.6 Å². The van der Waals surface area contributed by atoms with Crippen LogP contribution in [0.5, 0.6) is 0 Å². The molecule has 0 heterocycles. The monoisotopic (exact) mass is 262 g/mol. The molecule has 0 radical (unpaired) electrons. The molecule has 0 saturated carbocycles. The largest absolute Gasteiger partial charge is 0.424 e. The lowest BCUT2D eigenvalue weighted by molar-refractivity contribution is -0.150. The van der Waals surface area contributed by atoms with E-state index in [1.807, 2.05) is 6.92 Å². The van der Waals surface area contributed by atoms with Crippen LogP contribution in [0.25, 0.3) is 0 Å². The molecule has 17 heavy (non-hydrogen) atoms. The zero-order valence-corrected chi connectivity index (χ0v) is 11.9. The molecule has 1 amide bonds. The predicted molar refractivity (Wildman–Crippen MR) is 66.7 cm³/mol. The third-order valence-corrected chi connectivity index (χ3v) is 3.74. The van der Waals surface area contributed by atoms with E-state index < -0.39 is 21.7 Å². The van der Waals surface area contributed by atoms with Gasteiger partial charge in [-0.05, 0) is 19.4 Å². The third kappa shape index (κ3) is 8.84. The molecule has 3 N–H and O–H groups in total. The number of nitrogens with one attached hydrogen (secondary N) is 1. The molecule has 0 aromatic carbocycles. The number of rotatable bonds is 9. The van der Waals surface area contributed by atoms with Gasteiger partial charge in [-0.3, -0.25) is 9.59 Å². The summed E-state index contributed by atoms with van der Waals surface area (Å²) in [7, 11) is -0.414. The fourth-order valence-electron chi connectivity index (χ4n) is 1.25. The van der Waals surface area contributed by atoms with Crippen LogP contribution in [0.2, 0.25) is 6.04 Å². The highest BCUT2D eigenvalue weighted by molar-refractivity contribution is 6.26. The van der Waals surface area contributed by atoms with Gasteiger partial charge in [0, 0.05) is 19.6 Å². The molecule has 0 spiro atoms. The van der Waals surface area contributed by atoms with Gasteiger partial charge in [0.1, 0.15) is 0 Å². The second kappa shape index (κ2) is 10.2. The van der Waals surface area contributed by atoms with Gasteiger partial charge in [-0.2, -0.15) is 5.90 Å². The molecule has 100 valence electrons. The van der Waals surface area contributed by atoms with E-state index in [-0.39, 0.29) is 12.3 Å². The van der Waals surface area contributed by atoms with Crippen molar-refractivity contribution in [3.63, 3.8) is 0 Å². The van der Waals surface area contributed by atoms with E-state index in [0.29, 0.717) is 6.54 Å². The number of hydrogen-bond donors (Lipinski definition) is 2. The zero-order chi connectivity index (χ0) is 13.1. The van der Waals surface area contributed by atoms with Gasteiger partial charge in [0.25, 0.3) is 0 Å². The average molecular weight is 262 g/mol. The molecule has 0 unspecified atom stereocenters. The van der Waals surface area contributed by atoms with E-state index in [1.165, 1.54) is 0 Å². The smallest absolute Gasteiger partial charge is 0.327 e. The Morgan fingerprint density at radius 1 is 1.47 bits per heavy atom. The summed E-state index contributed by atoms with van der Waals surface area (Å²) in [5.74, 6) is 3.51. The molecule has 0 saturated heterocycles. The first-order chi connectivity index (χ1) is 8.11. The van der Waals surface area contributed by atoms with Crippen LogP contribution >= 0.6 is 0 Å². The summed E-state index contributed by atoms with van der Waals surface area (Å²) >= 11 is 0. The van der Waals surface area contributed by atoms with Crippen LogP contribution in [0, 0.1) is 5.92 Å². The van der Waals surface area contributed by atoms with Gasteiger partial charge in [0.15, 0.2) is 9.76 Å². The highest BCUT2D eigenvalue weighted by Crippen LogP contribution is 2.02. The summed E-state index contributed by atoms with van der Waals surface area (Å²) in [5.41, 5.74) is 0. The Labute approximate surface area is 104 Å². The Morgan fingerprint density at radius 3 is 2.76 bits per heavy atom. The van der Waals surface area contributed by atoms with Crippen molar-refractivity contribution in [1.29, 1.82) is 0 Å². The molecule has 1 atom stereocenters. The first-order valence-corrected chi connectivity index (χ1v) is 7.44. The summed E-state index contributed by atoms with van der Waals surface area (Å²) in [6.45, 7) is 4.99. The van der Waals surface area contributed by atoms with Crippen molar-refractivity contribution >= 4 is 21.6 Å². The minimum atomic E-state index is -0.566. The van der Waals surface area contributed by atoms with Crippen LogP contribution in [0.3, 0.4) is 0 Å². The number of amides is 1. The molecule has 0 aliphatic rings. The molecule has 0 aliphatic carbocycles. The summed E-state index contributed by atoms with van der Waals surface area (Å²) in [6, 6.07) is 1.05. The molecule has 0 aliphatic heterocycles. The lowest BCUT2D eigenvalue weighted by Gasteiger charge is -2.08. The molecule has 0 aromatic rings. The van der Waals surface area contributed by atoms with Crippen LogP contribution in [0.1, 0.15) is 26.7 Å². The Bertz CT molecular complexity index is 238. The average Bonchev–Trinajstić information content (AvgIpc) is 2.32. The second-order valence-electron chi connectivity index (χ2n) is 3.80. The highest BCUT2D eigenvalue weighted by Gasteiger charge is 2.17. The van der Waals surface area contributed by atoms with Crippen LogP contribution in [0.15, 0.2) is 0 Å². The van der Waals surface area contributed by atoms with Crippen molar-refractivity contribution in [3.05, 3.63) is 0 Å². The molecule has 6 nitrogen and oxygen atoms in total. The van der Waals surface area contributed by atoms with Gasteiger partial charge in [0.05, 0.1) is 5.92 Å². The van der Waals surface area contributed by atoms with Gasteiger partial charge < -0.3 is 14.6 Å². The van der Waals surface area contributed by atoms with Crippen molar-refractivity contribution < 1.29 is 18.9 Å². The molecule has 0 rings (SSSR count). The number of carbonyl (C=O) groups is 2. The molecule has 0 aromatic heterocycles. The molecular formula is C10H22N2O4Si. The zero-order valence-electron chi connectivity index (χ0n) is 10.5. The molecule has 7 heteroatoms. The molecule has 0 fully saturated rings. The Balaban J connectivity index is 3.49. The minimum absolute atomic E-state index is 0.110. The van der Waals surface area contributed by atoms with Gasteiger partial charge in [0.2, 0.25) is 5.91 Å². The minimum Gasteiger partial charge on any atom is -0.424 e. The standard InChI is InChI=1S/C10H22N2O4Si/c1-3-15-17-6-4-5-12-9(13)7-8(2)10(14)16-11/h8H,3-7,11,17H2,1-2H3,(H,12,13)/t8-/m1/s1. The van der Waals surface area contributed by atoms with Crippen LogP contribution in [0.4, 0.5) is 0 Å². The van der Waals surface area contributed by atoms with Crippen molar-refractivity contribution in [2.45, 2.75) is 32.7 Å². The lowest BCUT2D eigenvalue weighted by Crippen LogP contribution is -2.29. The van der Waals surface area contributed by atoms with Crippen molar-refractivity contribution in [2.75, 3.05) is 13.2 Å². The number of nitrogens with two attached hydrogens (primary N) is 1. The van der Waals surface area contributed by atoms with Crippen molar-refractivity contribution in [1.82, 2.24) is 5.32 Å². The first-order valence-electron chi connectivity index (χ1n) is 5.86. The number of carbonyl (C=O) groups excluding carboxylic acids is 2. The third-order valence-electron chi connectivity index (χ3n) is 2.25. The first kappa shape index (κ1) is 16.1. The van der Waals surface area contributed by atoms with Crippen molar-refractivity contribution in [3.8, 4) is 0 Å². The van der Waals surface area contributed by atoms with E-state index in [1.54, 1.807) is 6.92 Å². The highest BCUT2D eigenvalue weighted by atomic mass is 28.2. The van der Waals surface area contributed by atoms with Crippen LogP contribution < -0.4 is 11.2 Å². The summed E-state index contributed by atoms with van der Waals surface area (Å²) in [4.78, 5) is 26.4. The van der Waals surface area contributed by atoms with Crippen LogP contribution in [-0.4, -0.2) is 34.8 Å². The molecule has 0 bridgehead atoms. The van der Waals surface area contributed by atoms with Gasteiger partial charge in [-0.1, -0.05) is 6.92 Å². The van der Waals surface area contributed by atoms with Crippen molar-refractivity contribution in [2.24, 2.45) is 11.8 Å². The fourth-order valence-corrected chi connectivity index (χ4v) is 2.20. The maximum Gasteiger partial charge on any atom is 0.327 e. The Morgan fingerprint density at radius 2 is 2.18 bits per heavy atom. The van der Waals surface area contributed by atoms with Gasteiger partial charge in [-0.25, -0.2) is 0 Å². The Kier molecular flexibility index (Phi) is 9.69. The second-order valence-corrected chi connectivity index (χ2v) is 5.32. The summed E-state index contributed by atoms with van der Waals surface area (Å²) in [5, 5.41) is 2.75. The summed E-state index contributed by atoms with van der Waals surface area (Å²) < 4.78 is 5.30. The maximum absolute atomic E-state index is 11.4. The quantitative estimate of drug-likeness (QED) is 0.331. The maximum atomic E-state index is 11.4. The summed E-state index contributed by atoms with van der Waals surface area (Å²) in [6.07, 6.45) is 1.03. The van der Waals surface area contributed by atoms with Gasteiger partial charge >= 0.3 is 5.97 Å². The van der Waals surface area contributed by atoms with E-state index >= 15 is 0 Å². The van der Waals surface area contributed by atoms with Crippen LogP contribution in [-0.2, 0) is 18.9 Å². The van der Waals surface area contributed by atoms with Gasteiger partial charge in [-0.15, -0.1) is 0 Å². The van der Waals surface area contributed by atoms with E-state index in [0.717, 1.165) is 19.1 Å². The lowest BCUT2D eigenvalue weighted by atomic mass is 10.1. The fraction of sp³-hybridized carbons (Fsp3) is 0.800. The Hall–Kier alpha value is -0.923. The SMILES string of the molecule is CCO[SiH2]CCCNC(=O)C[C@@H](C)C(=O)ON. The normalized spacial score (nSPS) is 12.6.